The summed E-state index contributed by atoms with van der Waals surface area (Å²) in [5.41, 5.74) is -2.14. The molecule has 0 fully saturated rings. The van der Waals surface area contributed by atoms with Crippen molar-refractivity contribution < 1.29 is 22.8 Å². The van der Waals surface area contributed by atoms with Gasteiger partial charge in [0.15, 0.2) is 0 Å². The largest absolute Gasteiger partial charge is 0.417 e. The molecule has 10 heteroatoms. The van der Waals surface area contributed by atoms with Crippen molar-refractivity contribution in [1.29, 1.82) is 0 Å². The highest BCUT2D eigenvalue weighted by molar-refractivity contribution is 6.30. The molecule has 0 aromatic carbocycles. The van der Waals surface area contributed by atoms with E-state index in [-0.39, 0.29) is 0 Å². The second-order valence-electron chi connectivity index (χ2n) is 3.63. The lowest BCUT2D eigenvalue weighted by molar-refractivity contribution is -0.138. The van der Waals surface area contributed by atoms with Crippen LogP contribution in [0.25, 0.3) is 0 Å². The average molecular weight is 312 g/mol. The third kappa shape index (κ3) is 3.98. The quantitative estimate of drug-likeness (QED) is 0.854. The number of urea groups is 1. The number of amides is 3. The average Bonchev–Trinajstić information content (AvgIpc) is 2.33. The molecule has 6 nitrogen and oxygen atoms in total. The minimum atomic E-state index is -4.71. The molecule has 0 unspecified atom stereocenters. The van der Waals surface area contributed by atoms with Crippen LogP contribution in [-0.2, 0) is 17.5 Å². The summed E-state index contributed by atoms with van der Waals surface area (Å²) in [4.78, 5) is 33.7. The van der Waals surface area contributed by atoms with Gasteiger partial charge in [0.05, 0.1) is 5.56 Å². The lowest BCUT2D eigenvalue weighted by Crippen LogP contribution is -2.40. The molecule has 0 spiro atoms. The van der Waals surface area contributed by atoms with Gasteiger partial charge in [-0.3, -0.25) is 14.9 Å². The lowest BCUT2D eigenvalue weighted by Gasteiger charge is -2.11. The van der Waals surface area contributed by atoms with Crippen molar-refractivity contribution in [3.63, 3.8) is 0 Å². The van der Waals surface area contributed by atoms with Gasteiger partial charge in [0.25, 0.3) is 5.56 Å². The molecule has 1 heterocycles. The SMILES string of the molecule is CNC(=O)NC(=O)Cn1cc(C(F)(F)F)cc(Cl)c1=O. The van der Waals surface area contributed by atoms with Crippen molar-refractivity contribution in [1.82, 2.24) is 15.2 Å². The summed E-state index contributed by atoms with van der Waals surface area (Å²) in [6.45, 7) is -0.768. The zero-order valence-electron chi connectivity index (χ0n) is 10.0. The molecule has 0 bridgehead atoms. The maximum atomic E-state index is 12.5. The molecule has 0 saturated carbocycles. The summed E-state index contributed by atoms with van der Waals surface area (Å²) in [5, 5.41) is 3.22. The summed E-state index contributed by atoms with van der Waals surface area (Å²) < 4.78 is 38.1. The van der Waals surface area contributed by atoms with Gasteiger partial charge in [-0.15, -0.1) is 0 Å². The number of alkyl halides is 3. The van der Waals surface area contributed by atoms with Crippen LogP contribution >= 0.6 is 11.6 Å². The van der Waals surface area contributed by atoms with Gasteiger partial charge < -0.3 is 9.88 Å². The molecule has 0 aliphatic carbocycles. The molecule has 20 heavy (non-hydrogen) atoms. The molecule has 0 aliphatic heterocycles. The van der Waals surface area contributed by atoms with Crippen molar-refractivity contribution in [2.24, 2.45) is 0 Å². The second kappa shape index (κ2) is 5.95. The zero-order chi connectivity index (χ0) is 15.5. The van der Waals surface area contributed by atoms with Crippen LogP contribution in [-0.4, -0.2) is 23.6 Å². The van der Waals surface area contributed by atoms with Crippen LogP contribution in [0.15, 0.2) is 17.1 Å². The van der Waals surface area contributed by atoms with E-state index in [9.17, 15) is 27.6 Å². The Kier molecular flexibility index (Phi) is 4.77. The molecule has 3 amide bonds. The van der Waals surface area contributed by atoms with Crippen LogP contribution < -0.4 is 16.2 Å². The number of carbonyl (C=O) groups is 2. The Bertz CT molecular complexity index is 598. The molecule has 0 radical (unpaired) electrons. The molecule has 0 atom stereocenters. The molecule has 1 aromatic rings. The normalized spacial score (nSPS) is 11.1. The van der Waals surface area contributed by atoms with Crippen LogP contribution in [0.1, 0.15) is 5.56 Å². The van der Waals surface area contributed by atoms with Crippen LogP contribution in [0, 0.1) is 0 Å². The van der Waals surface area contributed by atoms with Crippen LogP contribution in [0.3, 0.4) is 0 Å². The number of hydrogen-bond acceptors (Lipinski definition) is 3. The Balaban J connectivity index is 3.06. The van der Waals surface area contributed by atoms with Gasteiger partial charge in [-0.05, 0) is 6.07 Å². The molecule has 1 aromatic heterocycles. The highest BCUT2D eigenvalue weighted by Crippen LogP contribution is 2.29. The number of hydrogen-bond donors (Lipinski definition) is 2. The van der Waals surface area contributed by atoms with E-state index in [0.29, 0.717) is 16.8 Å². The topological polar surface area (TPSA) is 80.2 Å². The Hall–Kier alpha value is -2.03. The van der Waals surface area contributed by atoms with Gasteiger partial charge >= 0.3 is 12.2 Å². The number of nitrogens with one attached hydrogen (secondary N) is 2. The highest BCUT2D eigenvalue weighted by atomic mass is 35.5. The number of carbonyl (C=O) groups excluding carboxylic acids is 2. The number of halogens is 4. The molecule has 110 valence electrons. The minimum absolute atomic E-state index is 0.456. The first-order valence-electron chi connectivity index (χ1n) is 5.14. The number of aromatic nitrogens is 1. The summed E-state index contributed by atoms with van der Waals surface area (Å²) in [6, 6.07) is -0.377. The van der Waals surface area contributed by atoms with Crippen molar-refractivity contribution in [3.8, 4) is 0 Å². The Morgan fingerprint density at radius 1 is 1.40 bits per heavy atom. The predicted octanol–water partition coefficient (Wildman–Crippen LogP) is 0.976. The summed E-state index contributed by atoms with van der Waals surface area (Å²) in [5.74, 6) is -0.957. The Labute approximate surface area is 115 Å². The van der Waals surface area contributed by atoms with E-state index in [1.54, 1.807) is 0 Å². The second-order valence-corrected chi connectivity index (χ2v) is 4.04. The van der Waals surface area contributed by atoms with E-state index in [0.717, 1.165) is 0 Å². The Morgan fingerprint density at radius 2 is 2.00 bits per heavy atom. The van der Waals surface area contributed by atoms with E-state index in [2.05, 4.69) is 5.32 Å². The van der Waals surface area contributed by atoms with E-state index in [1.165, 1.54) is 7.05 Å². The van der Waals surface area contributed by atoms with Gasteiger partial charge in [0, 0.05) is 13.2 Å². The van der Waals surface area contributed by atoms with Gasteiger partial charge in [0.2, 0.25) is 5.91 Å². The van der Waals surface area contributed by atoms with Gasteiger partial charge in [-0.1, -0.05) is 11.6 Å². The summed E-state index contributed by atoms with van der Waals surface area (Å²) in [6.07, 6.45) is -4.26. The lowest BCUT2D eigenvalue weighted by atomic mass is 10.2. The molecule has 0 saturated heterocycles. The van der Waals surface area contributed by atoms with Crippen molar-refractivity contribution in [3.05, 3.63) is 33.2 Å². The fourth-order valence-corrected chi connectivity index (χ4v) is 1.48. The maximum absolute atomic E-state index is 12.5. The van der Waals surface area contributed by atoms with Crippen LogP contribution in [0.5, 0.6) is 0 Å². The van der Waals surface area contributed by atoms with Gasteiger partial charge in [0.1, 0.15) is 11.6 Å². The van der Waals surface area contributed by atoms with E-state index in [1.807, 2.05) is 5.32 Å². The number of nitrogens with zero attached hydrogens (tertiary/aromatic N) is 1. The monoisotopic (exact) mass is 311 g/mol. The number of imide groups is 1. The molecule has 1 rings (SSSR count). The van der Waals surface area contributed by atoms with Crippen LogP contribution in [0.4, 0.5) is 18.0 Å². The molecular formula is C10H9ClF3N3O3. The third-order valence-corrected chi connectivity index (χ3v) is 2.43. The first-order chi connectivity index (χ1) is 9.15. The predicted molar refractivity (Wildman–Crippen MR) is 63.3 cm³/mol. The van der Waals surface area contributed by atoms with Crippen molar-refractivity contribution >= 4 is 23.5 Å². The smallest absolute Gasteiger partial charge is 0.341 e. The first-order valence-corrected chi connectivity index (χ1v) is 5.51. The molecule has 0 aliphatic rings. The fraction of sp³-hybridized carbons (Fsp3) is 0.300. The maximum Gasteiger partial charge on any atom is 0.417 e. The van der Waals surface area contributed by atoms with Gasteiger partial charge in [-0.2, -0.15) is 13.2 Å². The third-order valence-electron chi connectivity index (χ3n) is 2.16. The van der Waals surface area contributed by atoms with Crippen molar-refractivity contribution in [2.75, 3.05) is 7.05 Å². The van der Waals surface area contributed by atoms with E-state index >= 15 is 0 Å². The molecular weight excluding hydrogens is 303 g/mol. The zero-order valence-corrected chi connectivity index (χ0v) is 10.8. The summed E-state index contributed by atoms with van der Waals surface area (Å²) >= 11 is 5.40. The number of pyridine rings is 1. The Morgan fingerprint density at radius 3 is 2.50 bits per heavy atom. The summed E-state index contributed by atoms with van der Waals surface area (Å²) in [7, 11) is 1.25. The molecule has 2 N–H and O–H groups in total. The first kappa shape index (κ1) is 16.0. The minimum Gasteiger partial charge on any atom is -0.341 e. The highest BCUT2D eigenvalue weighted by Gasteiger charge is 2.32. The fourth-order valence-electron chi connectivity index (χ4n) is 1.26. The number of rotatable bonds is 2. The van der Waals surface area contributed by atoms with Gasteiger partial charge in [-0.25, -0.2) is 4.79 Å². The van der Waals surface area contributed by atoms with E-state index < -0.39 is 40.8 Å². The van der Waals surface area contributed by atoms with Crippen molar-refractivity contribution in [2.45, 2.75) is 12.7 Å². The van der Waals surface area contributed by atoms with E-state index in [4.69, 9.17) is 11.6 Å². The van der Waals surface area contributed by atoms with Crippen LogP contribution in [0.2, 0.25) is 5.02 Å². The standard InChI is InChI=1S/C10H9ClF3N3O3/c1-15-9(20)16-7(18)4-17-3-5(10(12,13)14)2-6(11)8(17)19/h2-3H,4H2,1H3,(H2,15,16,18,20).